The van der Waals surface area contributed by atoms with Crippen LogP contribution in [-0.2, 0) is 9.59 Å². The first-order valence-corrected chi connectivity index (χ1v) is 8.64. The van der Waals surface area contributed by atoms with E-state index in [0.717, 1.165) is 12.8 Å². The molecule has 3 heterocycles. The molecule has 0 aromatic heterocycles. The minimum atomic E-state index is -0.236. The number of rotatable bonds is 2. The van der Waals surface area contributed by atoms with Gasteiger partial charge in [-0.05, 0) is 38.7 Å². The molecule has 0 bridgehead atoms. The normalized spacial score (nSPS) is 29.8. The lowest BCUT2D eigenvalue weighted by atomic mass is 9.84. The van der Waals surface area contributed by atoms with Crippen molar-refractivity contribution in [3.05, 3.63) is 23.2 Å². The van der Waals surface area contributed by atoms with Gasteiger partial charge < -0.3 is 10.2 Å². The van der Waals surface area contributed by atoms with Crippen LogP contribution >= 0.6 is 0 Å². The molecule has 1 saturated carbocycles. The number of carbonyl (C=O) groups is 2. The van der Waals surface area contributed by atoms with Gasteiger partial charge in [-0.15, -0.1) is 0 Å². The number of fused-ring (bicyclic) bond motifs is 1. The highest BCUT2D eigenvalue weighted by Gasteiger charge is 2.45. The molecule has 23 heavy (non-hydrogen) atoms. The van der Waals surface area contributed by atoms with Crippen LogP contribution in [0, 0.1) is 5.92 Å². The van der Waals surface area contributed by atoms with E-state index in [0.29, 0.717) is 29.6 Å². The Labute approximate surface area is 138 Å². The minimum Gasteiger partial charge on any atom is -0.336 e. The van der Waals surface area contributed by atoms with Crippen LogP contribution in [0.4, 0.5) is 0 Å². The van der Waals surface area contributed by atoms with Crippen LogP contribution in [-0.4, -0.2) is 40.4 Å². The Hall–Kier alpha value is -1.82. The zero-order chi connectivity index (χ0) is 17.0. The molecule has 0 saturated heterocycles. The van der Waals surface area contributed by atoms with Crippen LogP contribution in [0.15, 0.2) is 23.2 Å². The lowest BCUT2D eigenvalue weighted by molar-refractivity contribution is -0.129. The summed E-state index contributed by atoms with van der Waals surface area (Å²) in [7, 11) is 0. The molecular weight excluding hydrogens is 292 g/mol. The molecule has 3 aliphatic heterocycles. The standard InChI is InChI=1S/C17H24N4O2/c1-10(2)20-9-12-15(17(20)23)18-14-8-13(19-21(14)16(12)22)11-6-4-3-5-7-11/h8,10-11,13,18-19H,3-7,9H2,1-2H3/i/hD. The second-order valence-corrected chi connectivity index (χ2v) is 7.18. The van der Waals surface area contributed by atoms with Crippen molar-refractivity contribution in [2.45, 2.75) is 58.0 Å². The summed E-state index contributed by atoms with van der Waals surface area (Å²) in [6.07, 6.45) is 7.79. The van der Waals surface area contributed by atoms with Crippen molar-refractivity contribution in [3.8, 4) is 0 Å². The van der Waals surface area contributed by atoms with Crippen LogP contribution in [0.25, 0.3) is 0 Å². The summed E-state index contributed by atoms with van der Waals surface area (Å²) < 4.78 is 8.44. The van der Waals surface area contributed by atoms with E-state index < -0.39 is 0 Å². The maximum absolute atomic E-state index is 12.9. The van der Waals surface area contributed by atoms with Crippen molar-refractivity contribution < 1.29 is 11.0 Å². The Morgan fingerprint density at radius 2 is 1.96 bits per heavy atom. The summed E-state index contributed by atoms with van der Waals surface area (Å²) in [6.45, 7) is 4.21. The van der Waals surface area contributed by atoms with Gasteiger partial charge in [-0.25, -0.2) is 10.4 Å². The maximum Gasteiger partial charge on any atom is 0.274 e. The molecule has 1 atom stereocenters. The molecule has 124 valence electrons. The quantitative estimate of drug-likeness (QED) is 0.804. The smallest absolute Gasteiger partial charge is 0.274 e. The fourth-order valence-corrected chi connectivity index (χ4v) is 3.99. The SMILES string of the molecule is [2H]N1C(C2CCCCC2)C=C2NC3=C(CN(C(C)C)C3=O)C(=O)N21. The highest BCUT2D eigenvalue weighted by molar-refractivity contribution is 6.10. The summed E-state index contributed by atoms with van der Waals surface area (Å²) in [6, 6.07) is -0.0447. The maximum atomic E-state index is 12.9. The lowest BCUT2D eigenvalue weighted by Gasteiger charge is -2.30. The van der Waals surface area contributed by atoms with Crippen molar-refractivity contribution in [2.75, 3.05) is 6.54 Å². The third-order valence-electron chi connectivity index (χ3n) is 5.37. The van der Waals surface area contributed by atoms with Crippen LogP contribution in [0.2, 0.25) is 1.41 Å². The number of hydrazine groups is 1. The van der Waals surface area contributed by atoms with E-state index in [4.69, 9.17) is 1.41 Å². The predicted octanol–water partition coefficient (Wildman–Crippen LogP) is 1.23. The Bertz CT molecular complexity index is 651. The molecule has 4 rings (SSSR count). The van der Waals surface area contributed by atoms with Gasteiger partial charge >= 0.3 is 0 Å². The monoisotopic (exact) mass is 317 g/mol. The van der Waals surface area contributed by atoms with Crippen molar-refractivity contribution in [3.63, 3.8) is 0 Å². The third-order valence-corrected chi connectivity index (χ3v) is 5.37. The summed E-state index contributed by atoms with van der Waals surface area (Å²) >= 11 is 0. The van der Waals surface area contributed by atoms with Crippen molar-refractivity contribution in [2.24, 2.45) is 5.92 Å². The van der Waals surface area contributed by atoms with E-state index in [2.05, 4.69) is 5.32 Å². The number of carbonyl (C=O) groups excluding carboxylic acids is 2. The molecule has 2 N–H and O–H groups in total. The molecule has 6 heteroatoms. The molecule has 4 aliphatic rings. The topological polar surface area (TPSA) is 64.7 Å². The molecule has 0 radical (unpaired) electrons. The Balaban J connectivity index is 1.60. The summed E-state index contributed by atoms with van der Waals surface area (Å²) in [5.74, 6) is 0.622. The molecule has 0 aromatic carbocycles. The summed E-state index contributed by atoms with van der Waals surface area (Å²) in [5.41, 5.74) is 2.19. The van der Waals surface area contributed by atoms with Gasteiger partial charge in [-0.3, -0.25) is 9.59 Å². The third kappa shape index (κ3) is 2.27. The highest BCUT2D eigenvalue weighted by Crippen LogP contribution is 2.33. The second kappa shape index (κ2) is 5.37. The lowest BCUT2D eigenvalue weighted by Crippen LogP contribution is -2.49. The van der Waals surface area contributed by atoms with Gasteiger partial charge in [0, 0.05) is 6.04 Å². The van der Waals surface area contributed by atoms with Crippen molar-refractivity contribution in [1.82, 2.24) is 20.6 Å². The fourth-order valence-electron chi connectivity index (χ4n) is 3.99. The van der Waals surface area contributed by atoms with E-state index in [1.165, 1.54) is 29.7 Å². The number of nitrogens with zero attached hydrogens (tertiary/aromatic N) is 2. The minimum absolute atomic E-state index is 0.0450. The van der Waals surface area contributed by atoms with Gasteiger partial charge in [-0.2, -0.15) is 0 Å². The highest BCUT2D eigenvalue weighted by atomic mass is 16.2. The van der Waals surface area contributed by atoms with Crippen molar-refractivity contribution in [1.29, 1.82) is 0 Å². The molecule has 1 aliphatic carbocycles. The molecule has 2 amide bonds. The number of hydrogen-bond acceptors (Lipinski definition) is 4. The Morgan fingerprint density at radius 1 is 1.22 bits per heavy atom. The zero-order valence-electron chi connectivity index (χ0n) is 14.7. The van der Waals surface area contributed by atoms with Gasteiger partial charge in [-0.1, -0.05) is 19.3 Å². The van der Waals surface area contributed by atoms with Crippen molar-refractivity contribution >= 4 is 11.8 Å². The Morgan fingerprint density at radius 3 is 2.65 bits per heavy atom. The van der Waals surface area contributed by atoms with Gasteiger partial charge in [0.25, 0.3) is 11.8 Å². The largest absolute Gasteiger partial charge is 0.336 e. The second-order valence-electron chi connectivity index (χ2n) is 7.18. The number of hydrogen-bond donors (Lipinski definition) is 2. The van der Waals surface area contributed by atoms with E-state index in [1.807, 2.05) is 19.9 Å². The average molecular weight is 317 g/mol. The molecule has 1 fully saturated rings. The number of amides is 2. The van der Waals surface area contributed by atoms with Gasteiger partial charge in [0.15, 0.2) is 0 Å². The summed E-state index contributed by atoms with van der Waals surface area (Å²) in [4.78, 5) is 27.1. The van der Waals surface area contributed by atoms with Crippen LogP contribution in [0.5, 0.6) is 0 Å². The fraction of sp³-hybridized carbons (Fsp3) is 0.647. The van der Waals surface area contributed by atoms with E-state index >= 15 is 0 Å². The van der Waals surface area contributed by atoms with Crippen LogP contribution in [0.1, 0.15) is 46.0 Å². The van der Waals surface area contributed by atoms with Gasteiger partial charge in [0.1, 0.15) is 12.9 Å². The molecular formula is C17H24N4O2. The van der Waals surface area contributed by atoms with Gasteiger partial charge in [0.2, 0.25) is 0 Å². The molecule has 0 spiro atoms. The molecule has 1 unspecified atom stereocenters. The van der Waals surface area contributed by atoms with Crippen LogP contribution in [0.3, 0.4) is 0 Å². The molecule has 6 nitrogen and oxygen atoms in total. The predicted molar refractivity (Wildman–Crippen MR) is 85.4 cm³/mol. The number of nitrogens with one attached hydrogen (secondary N) is 2. The van der Waals surface area contributed by atoms with Gasteiger partial charge in [0.05, 0.1) is 18.2 Å². The first-order chi connectivity index (χ1) is 11.5. The zero-order valence-corrected chi connectivity index (χ0v) is 13.7. The first-order valence-electron chi connectivity index (χ1n) is 9.09. The first kappa shape index (κ1) is 13.6. The summed E-state index contributed by atoms with van der Waals surface area (Å²) in [5, 5.41) is 4.53. The van der Waals surface area contributed by atoms with Crippen LogP contribution < -0.4 is 10.7 Å². The Kier molecular flexibility index (Phi) is 3.18. The molecule has 0 aromatic rings. The van der Waals surface area contributed by atoms with E-state index in [1.54, 1.807) is 4.90 Å². The van der Waals surface area contributed by atoms with E-state index in [-0.39, 0.29) is 23.9 Å². The van der Waals surface area contributed by atoms with E-state index in [9.17, 15) is 9.59 Å². The average Bonchev–Trinajstić information content (AvgIpc) is 3.08.